The molecule has 24 heavy (non-hydrogen) atoms. The van der Waals surface area contributed by atoms with E-state index in [1.807, 2.05) is 0 Å². The minimum atomic E-state index is -3.98. The van der Waals surface area contributed by atoms with Crippen molar-refractivity contribution < 1.29 is 16.8 Å². The van der Waals surface area contributed by atoms with E-state index in [-0.39, 0.29) is 20.9 Å². The summed E-state index contributed by atoms with van der Waals surface area (Å²) in [6, 6.07) is 8.13. The Bertz CT molecular complexity index is 945. The molecule has 0 saturated heterocycles. The molecule has 2 rings (SSSR count). The first kappa shape index (κ1) is 17.9. The number of primary sulfonamides is 2. The SMILES string of the molecule is Nc1ccc(S(N)(=O)=O)c(/C=C/c2cc(N)ccc2S(N)(=O)=O)c1. The first-order chi connectivity index (χ1) is 11.0. The quantitative estimate of drug-likeness (QED) is 0.446. The minimum Gasteiger partial charge on any atom is -0.399 e. The second kappa shape index (κ2) is 6.24. The highest BCUT2D eigenvalue weighted by Gasteiger charge is 2.14. The first-order valence-electron chi connectivity index (χ1n) is 6.51. The van der Waals surface area contributed by atoms with Crippen molar-refractivity contribution in [3.63, 3.8) is 0 Å². The lowest BCUT2D eigenvalue weighted by atomic mass is 10.1. The van der Waals surface area contributed by atoms with Crippen LogP contribution in [0, 0.1) is 0 Å². The third-order valence-electron chi connectivity index (χ3n) is 3.12. The molecule has 10 heteroatoms. The molecular formula is C14H16N4O4S2. The highest BCUT2D eigenvalue weighted by molar-refractivity contribution is 7.89. The van der Waals surface area contributed by atoms with Crippen LogP contribution in [0.3, 0.4) is 0 Å². The molecule has 0 saturated carbocycles. The van der Waals surface area contributed by atoms with Gasteiger partial charge in [0.05, 0.1) is 9.79 Å². The molecule has 0 atom stereocenters. The molecule has 0 bridgehead atoms. The van der Waals surface area contributed by atoms with Crippen molar-refractivity contribution in [1.82, 2.24) is 0 Å². The highest BCUT2D eigenvalue weighted by Crippen LogP contribution is 2.23. The highest BCUT2D eigenvalue weighted by atomic mass is 32.2. The summed E-state index contributed by atoms with van der Waals surface area (Å²) in [7, 11) is -7.95. The molecule has 0 fully saturated rings. The van der Waals surface area contributed by atoms with Crippen LogP contribution >= 0.6 is 0 Å². The summed E-state index contributed by atoms with van der Waals surface area (Å²) in [6.07, 6.45) is 2.75. The molecule has 0 aliphatic carbocycles. The maximum Gasteiger partial charge on any atom is 0.238 e. The number of hydrogen-bond acceptors (Lipinski definition) is 6. The van der Waals surface area contributed by atoms with Crippen molar-refractivity contribution in [2.24, 2.45) is 10.3 Å². The molecule has 0 heterocycles. The van der Waals surface area contributed by atoms with Gasteiger partial charge in [-0.1, -0.05) is 12.2 Å². The summed E-state index contributed by atoms with van der Waals surface area (Å²) in [5, 5.41) is 10.3. The number of sulfonamides is 2. The number of benzene rings is 2. The van der Waals surface area contributed by atoms with E-state index in [0.717, 1.165) is 0 Å². The smallest absolute Gasteiger partial charge is 0.238 e. The van der Waals surface area contributed by atoms with E-state index in [0.29, 0.717) is 11.4 Å². The van der Waals surface area contributed by atoms with E-state index >= 15 is 0 Å². The summed E-state index contributed by atoms with van der Waals surface area (Å²) in [6.45, 7) is 0. The van der Waals surface area contributed by atoms with E-state index in [4.69, 9.17) is 21.7 Å². The van der Waals surface area contributed by atoms with Gasteiger partial charge in [0.25, 0.3) is 0 Å². The van der Waals surface area contributed by atoms with Crippen LogP contribution < -0.4 is 21.7 Å². The Morgan fingerprint density at radius 2 is 1.00 bits per heavy atom. The molecule has 2 aromatic rings. The molecule has 8 nitrogen and oxygen atoms in total. The molecule has 0 aliphatic rings. The Morgan fingerprint density at radius 3 is 1.29 bits per heavy atom. The number of hydrogen-bond donors (Lipinski definition) is 4. The number of nitrogens with two attached hydrogens (primary N) is 4. The molecule has 0 spiro atoms. The van der Waals surface area contributed by atoms with Crippen LogP contribution in [-0.4, -0.2) is 16.8 Å². The van der Waals surface area contributed by atoms with Gasteiger partial charge in [-0.2, -0.15) is 0 Å². The normalized spacial score (nSPS) is 12.6. The van der Waals surface area contributed by atoms with Gasteiger partial charge in [0, 0.05) is 11.4 Å². The van der Waals surface area contributed by atoms with Crippen LogP contribution in [0.15, 0.2) is 46.2 Å². The molecular weight excluding hydrogens is 352 g/mol. The molecule has 128 valence electrons. The largest absolute Gasteiger partial charge is 0.399 e. The van der Waals surface area contributed by atoms with Crippen molar-refractivity contribution in [2.75, 3.05) is 11.5 Å². The second-order valence-corrected chi connectivity index (χ2v) is 8.08. The average molecular weight is 368 g/mol. The molecule has 0 unspecified atom stereocenters. The van der Waals surface area contributed by atoms with Crippen LogP contribution in [-0.2, 0) is 20.0 Å². The number of nitrogen functional groups attached to an aromatic ring is 2. The van der Waals surface area contributed by atoms with Gasteiger partial charge in [-0.3, -0.25) is 0 Å². The van der Waals surface area contributed by atoms with Crippen molar-refractivity contribution in [2.45, 2.75) is 9.79 Å². The molecule has 0 radical (unpaired) electrons. The molecule has 0 aliphatic heterocycles. The summed E-state index contributed by atoms with van der Waals surface area (Å²) < 4.78 is 46.5. The topological polar surface area (TPSA) is 172 Å². The fraction of sp³-hybridized carbons (Fsp3) is 0. The lowest BCUT2D eigenvalue weighted by Gasteiger charge is -2.07. The zero-order chi connectivity index (χ0) is 18.1. The lowest BCUT2D eigenvalue weighted by Crippen LogP contribution is -2.14. The van der Waals surface area contributed by atoms with Gasteiger partial charge < -0.3 is 11.5 Å². The van der Waals surface area contributed by atoms with Gasteiger partial charge >= 0.3 is 0 Å². The maximum atomic E-state index is 11.6. The fourth-order valence-corrected chi connectivity index (χ4v) is 3.52. The van der Waals surface area contributed by atoms with Crippen molar-refractivity contribution in [3.8, 4) is 0 Å². The van der Waals surface area contributed by atoms with Crippen molar-refractivity contribution in [3.05, 3.63) is 47.5 Å². The van der Waals surface area contributed by atoms with Gasteiger partial charge in [-0.25, -0.2) is 27.1 Å². The third kappa shape index (κ3) is 4.11. The first-order valence-corrected chi connectivity index (χ1v) is 9.60. The van der Waals surface area contributed by atoms with Gasteiger partial charge in [-0.05, 0) is 47.5 Å². The Labute approximate surface area is 139 Å². The predicted molar refractivity (Wildman–Crippen MR) is 93.4 cm³/mol. The number of anilines is 2. The number of rotatable bonds is 4. The van der Waals surface area contributed by atoms with Gasteiger partial charge in [0.1, 0.15) is 0 Å². The van der Waals surface area contributed by atoms with Gasteiger partial charge in [0.2, 0.25) is 20.0 Å². The zero-order valence-electron chi connectivity index (χ0n) is 12.4. The van der Waals surface area contributed by atoms with Crippen molar-refractivity contribution >= 4 is 43.6 Å². The lowest BCUT2D eigenvalue weighted by molar-refractivity contribution is 0.595. The third-order valence-corrected chi connectivity index (χ3v) is 5.09. The Balaban J connectivity index is 2.62. The van der Waals surface area contributed by atoms with E-state index in [2.05, 4.69) is 0 Å². The van der Waals surface area contributed by atoms with Crippen LogP contribution in [0.5, 0.6) is 0 Å². The standard InChI is InChI=1S/C14H16N4O4S2/c15-11-3-5-13(23(17,19)20)9(7-11)1-2-10-8-12(16)4-6-14(10)24(18,21)22/h1-8H,15-16H2,(H2,17,19,20)(H2,18,21,22)/b2-1+. The summed E-state index contributed by atoms with van der Waals surface area (Å²) in [5.74, 6) is 0. The Hall–Kier alpha value is -2.40. The van der Waals surface area contributed by atoms with Gasteiger partial charge in [-0.15, -0.1) is 0 Å². The minimum absolute atomic E-state index is 0.144. The molecule has 2 aromatic carbocycles. The second-order valence-electron chi connectivity index (χ2n) is 5.02. The van der Waals surface area contributed by atoms with Crippen LogP contribution in [0.1, 0.15) is 11.1 Å². The summed E-state index contributed by atoms with van der Waals surface area (Å²) in [4.78, 5) is -0.289. The fourth-order valence-electron chi connectivity index (χ4n) is 2.09. The monoisotopic (exact) mass is 368 g/mol. The molecule has 0 aromatic heterocycles. The Morgan fingerprint density at radius 1 is 0.667 bits per heavy atom. The van der Waals surface area contributed by atoms with E-state index in [1.165, 1.54) is 48.6 Å². The van der Waals surface area contributed by atoms with E-state index < -0.39 is 20.0 Å². The van der Waals surface area contributed by atoms with Crippen LogP contribution in [0.25, 0.3) is 12.2 Å². The average Bonchev–Trinajstić information content (AvgIpc) is 2.42. The summed E-state index contributed by atoms with van der Waals surface area (Å²) >= 11 is 0. The molecule has 0 amide bonds. The Kier molecular flexibility index (Phi) is 4.67. The summed E-state index contributed by atoms with van der Waals surface area (Å²) in [5.41, 5.74) is 12.4. The predicted octanol–water partition coefficient (Wildman–Crippen LogP) is 0.316. The van der Waals surface area contributed by atoms with Crippen LogP contribution in [0.4, 0.5) is 11.4 Å². The van der Waals surface area contributed by atoms with Gasteiger partial charge in [0.15, 0.2) is 0 Å². The molecule has 8 N–H and O–H groups in total. The van der Waals surface area contributed by atoms with E-state index in [9.17, 15) is 16.8 Å². The zero-order valence-corrected chi connectivity index (χ0v) is 14.0. The maximum absolute atomic E-state index is 11.6. The van der Waals surface area contributed by atoms with E-state index in [1.54, 1.807) is 0 Å². The van der Waals surface area contributed by atoms with Crippen molar-refractivity contribution in [1.29, 1.82) is 0 Å². The van der Waals surface area contributed by atoms with Crippen LogP contribution in [0.2, 0.25) is 0 Å².